The van der Waals surface area contributed by atoms with Crippen LogP contribution in [-0.2, 0) is 4.79 Å². The molecule has 1 aliphatic carbocycles. The van der Waals surface area contributed by atoms with Crippen LogP contribution in [0.5, 0.6) is 5.75 Å². The van der Waals surface area contributed by atoms with E-state index in [4.69, 9.17) is 10.2 Å². The molecular weight excluding hydrogens is 237 g/mol. The number of halogens is 1. The van der Waals surface area contributed by atoms with E-state index in [0.717, 1.165) is 18.9 Å². The zero-order chi connectivity index (χ0) is 13.3. The van der Waals surface area contributed by atoms with Gasteiger partial charge in [0.1, 0.15) is 17.6 Å². The summed E-state index contributed by atoms with van der Waals surface area (Å²) in [7, 11) is 0. The molecule has 5 heteroatoms. The summed E-state index contributed by atoms with van der Waals surface area (Å²) < 4.78 is 13.6. The minimum absolute atomic E-state index is 0.138. The van der Waals surface area contributed by atoms with E-state index in [2.05, 4.69) is 5.32 Å². The van der Waals surface area contributed by atoms with Crippen LogP contribution in [-0.4, -0.2) is 22.2 Å². The molecule has 0 saturated heterocycles. The van der Waals surface area contributed by atoms with Gasteiger partial charge in [-0.3, -0.25) is 10.1 Å². The Morgan fingerprint density at radius 3 is 2.67 bits per heavy atom. The van der Waals surface area contributed by atoms with Crippen LogP contribution in [0.4, 0.5) is 4.39 Å². The van der Waals surface area contributed by atoms with E-state index in [-0.39, 0.29) is 11.7 Å². The summed E-state index contributed by atoms with van der Waals surface area (Å²) in [6, 6.07) is 2.85. The molecule has 1 aromatic rings. The van der Waals surface area contributed by atoms with Gasteiger partial charge >= 0.3 is 5.97 Å². The highest BCUT2D eigenvalue weighted by Gasteiger charge is 2.37. The summed E-state index contributed by atoms with van der Waals surface area (Å²) in [6.45, 7) is 1.72. The van der Waals surface area contributed by atoms with Gasteiger partial charge in [-0.15, -0.1) is 0 Å². The molecule has 98 valence electrons. The SMILES string of the molecule is CC(NC(C(=O)O)C1CC1)c1ccc(O)cc1F. The largest absolute Gasteiger partial charge is 0.508 e. The molecular formula is C13H16FNO3. The number of carboxylic acids is 1. The number of aliphatic carboxylic acids is 1. The van der Waals surface area contributed by atoms with Crippen molar-refractivity contribution in [2.24, 2.45) is 5.92 Å². The Kier molecular flexibility index (Phi) is 3.52. The fraction of sp³-hybridized carbons (Fsp3) is 0.462. The van der Waals surface area contributed by atoms with Gasteiger partial charge in [-0.25, -0.2) is 4.39 Å². The molecule has 1 aromatic carbocycles. The van der Waals surface area contributed by atoms with Crippen molar-refractivity contribution in [1.29, 1.82) is 0 Å². The third-order valence-electron chi connectivity index (χ3n) is 3.24. The van der Waals surface area contributed by atoms with E-state index in [1.807, 2.05) is 0 Å². The Balaban J connectivity index is 2.10. The molecule has 1 saturated carbocycles. The molecule has 0 bridgehead atoms. The lowest BCUT2D eigenvalue weighted by Gasteiger charge is -2.20. The smallest absolute Gasteiger partial charge is 0.320 e. The Labute approximate surface area is 104 Å². The molecule has 0 heterocycles. The number of hydrogen-bond donors (Lipinski definition) is 3. The first kappa shape index (κ1) is 12.8. The maximum absolute atomic E-state index is 13.6. The van der Waals surface area contributed by atoms with Gasteiger partial charge in [-0.05, 0) is 31.7 Å². The number of benzene rings is 1. The Morgan fingerprint density at radius 2 is 2.17 bits per heavy atom. The lowest BCUT2D eigenvalue weighted by molar-refractivity contribution is -0.140. The predicted octanol–water partition coefficient (Wildman–Crippen LogP) is 2.05. The Morgan fingerprint density at radius 1 is 1.50 bits per heavy atom. The zero-order valence-electron chi connectivity index (χ0n) is 10.1. The zero-order valence-corrected chi connectivity index (χ0v) is 10.1. The second-order valence-electron chi connectivity index (χ2n) is 4.75. The summed E-state index contributed by atoms with van der Waals surface area (Å²) in [4.78, 5) is 11.1. The summed E-state index contributed by atoms with van der Waals surface area (Å²) in [6.07, 6.45) is 1.80. The van der Waals surface area contributed by atoms with Gasteiger partial charge < -0.3 is 10.2 Å². The van der Waals surface area contributed by atoms with E-state index >= 15 is 0 Å². The molecule has 1 fully saturated rings. The lowest BCUT2D eigenvalue weighted by Crippen LogP contribution is -2.40. The quantitative estimate of drug-likeness (QED) is 0.751. The Hall–Kier alpha value is -1.62. The first-order valence-electron chi connectivity index (χ1n) is 5.96. The summed E-state index contributed by atoms with van der Waals surface area (Å²) in [5, 5.41) is 21.2. The molecule has 0 amide bonds. The molecule has 0 aromatic heterocycles. The third-order valence-corrected chi connectivity index (χ3v) is 3.24. The number of nitrogens with one attached hydrogen (secondary N) is 1. The van der Waals surface area contributed by atoms with Crippen molar-refractivity contribution in [3.63, 3.8) is 0 Å². The number of phenolic OH excluding ortho intramolecular Hbond substituents is 1. The standard InChI is InChI=1S/C13H16FNO3/c1-7(10-5-4-9(16)6-11(10)14)15-12(13(17)18)8-2-3-8/h4-8,12,15-16H,2-3H2,1H3,(H,17,18). The minimum Gasteiger partial charge on any atom is -0.508 e. The van der Waals surface area contributed by atoms with Crippen LogP contribution in [0.15, 0.2) is 18.2 Å². The maximum atomic E-state index is 13.6. The molecule has 4 nitrogen and oxygen atoms in total. The van der Waals surface area contributed by atoms with E-state index < -0.39 is 23.9 Å². The highest BCUT2D eigenvalue weighted by Crippen LogP contribution is 2.34. The third kappa shape index (κ3) is 2.79. The van der Waals surface area contributed by atoms with E-state index in [0.29, 0.717) is 5.56 Å². The van der Waals surface area contributed by atoms with Gasteiger partial charge in [0.2, 0.25) is 0 Å². The van der Waals surface area contributed by atoms with Gasteiger partial charge in [0.15, 0.2) is 0 Å². The summed E-state index contributed by atoms with van der Waals surface area (Å²) in [5.41, 5.74) is 0.361. The van der Waals surface area contributed by atoms with Crippen molar-refractivity contribution in [3.8, 4) is 5.75 Å². The molecule has 1 aliphatic rings. The lowest BCUT2D eigenvalue weighted by atomic mass is 10.0. The molecule has 2 unspecified atom stereocenters. The summed E-state index contributed by atoms with van der Waals surface area (Å²) in [5.74, 6) is -1.43. The number of rotatable bonds is 5. The highest BCUT2D eigenvalue weighted by molar-refractivity contribution is 5.74. The Bertz CT molecular complexity index is 460. The average molecular weight is 253 g/mol. The summed E-state index contributed by atoms with van der Waals surface area (Å²) >= 11 is 0. The normalized spacial score (nSPS) is 18.3. The highest BCUT2D eigenvalue weighted by atomic mass is 19.1. The molecule has 2 atom stereocenters. The fourth-order valence-corrected chi connectivity index (χ4v) is 2.06. The number of carboxylic acid groups (broad SMARTS) is 1. The topological polar surface area (TPSA) is 69.6 Å². The number of aromatic hydroxyl groups is 1. The molecule has 0 aliphatic heterocycles. The van der Waals surface area contributed by atoms with Crippen LogP contribution < -0.4 is 5.32 Å². The van der Waals surface area contributed by atoms with Gasteiger partial charge in [-0.1, -0.05) is 6.07 Å². The van der Waals surface area contributed by atoms with Gasteiger partial charge in [0.05, 0.1) is 0 Å². The predicted molar refractivity (Wildman–Crippen MR) is 63.8 cm³/mol. The molecule has 0 radical (unpaired) electrons. The van der Waals surface area contributed by atoms with Gasteiger partial charge in [0, 0.05) is 17.7 Å². The van der Waals surface area contributed by atoms with Crippen molar-refractivity contribution < 1.29 is 19.4 Å². The van der Waals surface area contributed by atoms with Crippen LogP contribution in [0.25, 0.3) is 0 Å². The van der Waals surface area contributed by atoms with Crippen LogP contribution in [0.1, 0.15) is 31.4 Å². The molecule has 2 rings (SSSR count). The fourth-order valence-electron chi connectivity index (χ4n) is 2.06. The van der Waals surface area contributed by atoms with Crippen LogP contribution in [0.2, 0.25) is 0 Å². The van der Waals surface area contributed by atoms with Crippen molar-refractivity contribution in [1.82, 2.24) is 5.32 Å². The second-order valence-corrected chi connectivity index (χ2v) is 4.75. The van der Waals surface area contributed by atoms with E-state index in [9.17, 15) is 9.18 Å². The number of hydrogen-bond acceptors (Lipinski definition) is 3. The first-order valence-corrected chi connectivity index (χ1v) is 5.96. The molecule has 3 N–H and O–H groups in total. The van der Waals surface area contributed by atoms with Gasteiger partial charge in [0.25, 0.3) is 0 Å². The van der Waals surface area contributed by atoms with E-state index in [1.54, 1.807) is 6.92 Å². The first-order chi connectivity index (χ1) is 8.49. The van der Waals surface area contributed by atoms with Crippen LogP contribution >= 0.6 is 0 Å². The molecule has 0 spiro atoms. The van der Waals surface area contributed by atoms with Crippen molar-refractivity contribution in [2.75, 3.05) is 0 Å². The number of phenols is 1. The monoisotopic (exact) mass is 253 g/mol. The van der Waals surface area contributed by atoms with Crippen LogP contribution in [0.3, 0.4) is 0 Å². The second kappa shape index (κ2) is 4.94. The van der Waals surface area contributed by atoms with Crippen molar-refractivity contribution in [3.05, 3.63) is 29.6 Å². The van der Waals surface area contributed by atoms with Gasteiger partial charge in [-0.2, -0.15) is 0 Å². The minimum atomic E-state index is -0.900. The van der Waals surface area contributed by atoms with E-state index in [1.165, 1.54) is 12.1 Å². The van der Waals surface area contributed by atoms with Crippen LogP contribution in [0, 0.1) is 11.7 Å². The van der Waals surface area contributed by atoms with Crippen molar-refractivity contribution >= 4 is 5.97 Å². The molecule has 18 heavy (non-hydrogen) atoms. The average Bonchev–Trinajstić information content (AvgIpc) is 3.08. The maximum Gasteiger partial charge on any atom is 0.320 e. The number of carbonyl (C=O) groups is 1. The van der Waals surface area contributed by atoms with Crippen molar-refractivity contribution in [2.45, 2.75) is 31.8 Å².